The smallest absolute Gasteiger partial charge is 0.255 e. The number of methoxy groups -OCH3 is 1. The molecule has 0 fully saturated rings. The van der Waals surface area contributed by atoms with Crippen LogP contribution >= 0.6 is 0 Å². The molecule has 6 nitrogen and oxygen atoms in total. The third-order valence-corrected chi connectivity index (χ3v) is 6.86. The Hall–Kier alpha value is -4.06. The molecule has 0 radical (unpaired) electrons. The van der Waals surface area contributed by atoms with E-state index in [9.17, 15) is 9.59 Å². The van der Waals surface area contributed by atoms with Crippen molar-refractivity contribution in [3.05, 3.63) is 89.5 Å². The number of carbonyl (C=O) groups excluding carboxylic acids is 2. The minimum atomic E-state index is -0.393. The van der Waals surface area contributed by atoms with Gasteiger partial charge < -0.3 is 19.5 Å². The highest BCUT2D eigenvalue weighted by Crippen LogP contribution is 2.45. The van der Waals surface area contributed by atoms with Gasteiger partial charge in [-0.15, -0.1) is 0 Å². The maximum absolute atomic E-state index is 13.6. The van der Waals surface area contributed by atoms with Crippen LogP contribution < -0.4 is 4.74 Å². The highest BCUT2D eigenvalue weighted by atomic mass is 16.5. The van der Waals surface area contributed by atoms with Crippen molar-refractivity contribution in [2.24, 2.45) is 0 Å². The molecule has 2 amide bonds. The lowest BCUT2D eigenvalue weighted by Crippen LogP contribution is -2.42. The summed E-state index contributed by atoms with van der Waals surface area (Å²) in [5.41, 5.74) is 5.40. The first-order chi connectivity index (χ1) is 17.1. The largest absolute Gasteiger partial charge is 0.497 e. The number of nitrogens with zero attached hydrogens (tertiary/aromatic N) is 2. The van der Waals surface area contributed by atoms with Crippen LogP contribution in [-0.4, -0.2) is 53.3 Å². The van der Waals surface area contributed by atoms with Gasteiger partial charge in [-0.05, 0) is 43.7 Å². The van der Waals surface area contributed by atoms with Crippen LogP contribution in [0.25, 0.3) is 22.2 Å². The molecule has 0 bridgehead atoms. The summed E-state index contributed by atoms with van der Waals surface area (Å²) in [5.74, 6) is 0.584. The van der Waals surface area contributed by atoms with Gasteiger partial charge in [0.05, 0.1) is 18.8 Å². The molecule has 1 aliphatic heterocycles. The number of benzene rings is 3. The van der Waals surface area contributed by atoms with E-state index in [1.807, 2.05) is 80.6 Å². The second-order valence-electron chi connectivity index (χ2n) is 8.68. The van der Waals surface area contributed by atoms with Gasteiger partial charge in [-0.2, -0.15) is 0 Å². The molecular formula is C29H29N3O3. The Morgan fingerprint density at radius 2 is 1.74 bits per heavy atom. The number of rotatable bonds is 7. The van der Waals surface area contributed by atoms with Crippen LogP contribution in [0.15, 0.2) is 72.8 Å². The number of hydrogen-bond acceptors (Lipinski definition) is 3. The van der Waals surface area contributed by atoms with Crippen molar-refractivity contribution in [3.8, 4) is 17.0 Å². The van der Waals surface area contributed by atoms with Crippen molar-refractivity contribution in [2.75, 3.05) is 26.7 Å². The molecule has 3 aromatic carbocycles. The highest BCUT2D eigenvalue weighted by molar-refractivity contribution is 6.03. The van der Waals surface area contributed by atoms with Crippen molar-refractivity contribution in [1.82, 2.24) is 14.8 Å². The topological polar surface area (TPSA) is 65.6 Å². The van der Waals surface area contributed by atoms with Crippen molar-refractivity contribution in [1.29, 1.82) is 0 Å². The van der Waals surface area contributed by atoms with Gasteiger partial charge in [0.15, 0.2) is 0 Å². The molecule has 1 unspecified atom stereocenters. The number of likely N-dealkylation sites (N-methyl/N-ethyl adjacent to an activating group) is 1. The van der Waals surface area contributed by atoms with E-state index in [1.54, 1.807) is 16.9 Å². The molecule has 0 aliphatic carbocycles. The first kappa shape index (κ1) is 22.7. The van der Waals surface area contributed by atoms with E-state index in [0.29, 0.717) is 18.7 Å². The van der Waals surface area contributed by atoms with Gasteiger partial charge >= 0.3 is 0 Å². The normalized spacial score (nSPS) is 14.9. The molecule has 1 N–H and O–H groups in total. The van der Waals surface area contributed by atoms with Crippen LogP contribution in [0.5, 0.6) is 5.75 Å². The molecule has 1 aromatic heterocycles. The van der Waals surface area contributed by atoms with Crippen molar-refractivity contribution >= 4 is 22.7 Å². The molecular weight excluding hydrogens is 438 g/mol. The second kappa shape index (κ2) is 9.29. The zero-order chi connectivity index (χ0) is 24.5. The zero-order valence-electron chi connectivity index (χ0n) is 20.2. The summed E-state index contributed by atoms with van der Waals surface area (Å²) in [4.78, 5) is 33.9. The molecule has 4 aromatic rings. The van der Waals surface area contributed by atoms with E-state index in [-0.39, 0.29) is 18.4 Å². The van der Waals surface area contributed by atoms with Gasteiger partial charge in [-0.3, -0.25) is 9.59 Å². The molecule has 1 aliphatic rings. The molecule has 6 heteroatoms. The van der Waals surface area contributed by atoms with Crippen molar-refractivity contribution in [2.45, 2.75) is 19.9 Å². The second-order valence-corrected chi connectivity index (χ2v) is 8.68. The maximum Gasteiger partial charge on any atom is 0.255 e. The van der Waals surface area contributed by atoms with Gasteiger partial charge in [0.2, 0.25) is 5.91 Å². The number of fused-ring (bicyclic) bond motifs is 2. The Kier molecular flexibility index (Phi) is 6.03. The maximum atomic E-state index is 13.6. The number of ether oxygens (including phenoxy) is 1. The van der Waals surface area contributed by atoms with E-state index < -0.39 is 6.04 Å². The summed E-state index contributed by atoms with van der Waals surface area (Å²) in [5, 5.41) is 1.03. The Balaban J connectivity index is 1.73. The fraction of sp³-hybridized carbons (Fsp3) is 0.241. The number of aromatic amines is 1. The van der Waals surface area contributed by atoms with E-state index in [4.69, 9.17) is 4.74 Å². The summed E-state index contributed by atoms with van der Waals surface area (Å²) >= 11 is 0. The van der Waals surface area contributed by atoms with Crippen LogP contribution in [0.3, 0.4) is 0 Å². The Bertz CT molecular complexity index is 1400. The zero-order valence-corrected chi connectivity index (χ0v) is 20.2. The van der Waals surface area contributed by atoms with Gasteiger partial charge in [-0.25, -0.2) is 0 Å². The lowest BCUT2D eigenvalue weighted by molar-refractivity contribution is -0.131. The predicted molar refractivity (Wildman–Crippen MR) is 138 cm³/mol. The SMILES string of the molecule is CCN(CC)C(=O)CN1C(=O)c2ccccc2C1c1c(-c2cccc(OC)c2)[nH]c2ccccc12. The fourth-order valence-electron chi connectivity index (χ4n) is 5.12. The first-order valence-corrected chi connectivity index (χ1v) is 12.0. The average molecular weight is 468 g/mol. The number of para-hydroxylation sites is 1. The van der Waals surface area contributed by atoms with Crippen molar-refractivity contribution < 1.29 is 14.3 Å². The van der Waals surface area contributed by atoms with Crippen LogP contribution in [0, 0.1) is 0 Å². The summed E-state index contributed by atoms with van der Waals surface area (Å²) in [6.45, 7) is 5.16. The fourth-order valence-corrected chi connectivity index (χ4v) is 5.12. The number of nitrogens with one attached hydrogen (secondary N) is 1. The van der Waals surface area contributed by atoms with E-state index >= 15 is 0 Å². The molecule has 0 saturated carbocycles. The molecule has 0 spiro atoms. The number of hydrogen-bond donors (Lipinski definition) is 1. The minimum Gasteiger partial charge on any atom is -0.497 e. The number of carbonyl (C=O) groups is 2. The van der Waals surface area contributed by atoms with Crippen LogP contribution in [0.2, 0.25) is 0 Å². The lowest BCUT2D eigenvalue weighted by atomic mass is 9.93. The number of amides is 2. The molecule has 178 valence electrons. The average Bonchev–Trinajstić information content (AvgIpc) is 3.40. The molecule has 35 heavy (non-hydrogen) atoms. The van der Waals surface area contributed by atoms with Gasteiger partial charge in [0.25, 0.3) is 5.91 Å². The summed E-state index contributed by atoms with van der Waals surface area (Å²) in [7, 11) is 1.65. The van der Waals surface area contributed by atoms with Crippen molar-refractivity contribution in [3.63, 3.8) is 0 Å². The summed E-state index contributed by atoms with van der Waals surface area (Å²) < 4.78 is 5.49. The predicted octanol–water partition coefficient (Wildman–Crippen LogP) is 5.26. The molecule has 2 heterocycles. The molecule has 0 saturated heterocycles. The van der Waals surface area contributed by atoms with Crippen LogP contribution in [0.1, 0.15) is 41.4 Å². The minimum absolute atomic E-state index is 0.0247. The Morgan fingerprint density at radius 3 is 2.51 bits per heavy atom. The van der Waals surface area contributed by atoms with Gasteiger partial charge in [0, 0.05) is 40.7 Å². The third-order valence-electron chi connectivity index (χ3n) is 6.86. The van der Waals surface area contributed by atoms with E-state index in [1.165, 1.54) is 0 Å². The monoisotopic (exact) mass is 467 g/mol. The Morgan fingerprint density at radius 1 is 1.00 bits per heavy atom. The van der Waals surface area contributed by atoms with Gasteiger partial charge in [0.1, 0.15) is 12.3 Å². The highest BCUT2D eigenvalue weighted by Gasteiger charge is 2.41. The van der Waals surface area contributed by atoms with E-state index in [2.05, 4.69) is 11.1 Å². The first-order valence-electron chi connectivity index (χ1n) is 12.0. The van der Waals surface area contributed by atoms with E-state index in [0.717, 1.165) is 39.0 Å². The quantitative estimate of drug-likeness (QED) is 0.403. The third kappa shape index (κ3) is 3.85. The van der Waals surface area contributed by atoms with Crippen LogP contribution in [0.4, 0.5) is 0 Å². The summed E-state index contributed by atoms with van der Waals surface area (Å²) in [6.07, 6.45) is 0. The standard InChI is InChI=1S/C29H29N3O3/c1-4-31(5-2)25(33)18-32-28(21-13-6-7-14-22(21)29(32)34)26-23-15-8-9-16-24(23)30-27(26)19-11-10-12-20(17-19)35-3/h6-17,28,30H,4-5,18H2,1-3H3. The lowest BCUT2D eigenvalue weighted by Gasteiger charge is -2.29. The Labute approximate surface area is 205 Å². The van der Waals surface area contributed by atoms with Gasteiger partial charge in [-0.1, -0.05) is 48.5 Å². The molecule has 5 rings (SSSR count). The number of H-pyrrole nitrogens is 1. The number of aromatic nitrogens is 1. The molecule has 1 atom stereocenters. The summed E-state index contributed by atoms with van der Waals surface area (Å²) in [6, 6.07) is 23.3. The van der Waals surface area contributed by atoms with Crippen LogP contribution in [-0.2, 0) is 4.79 Å².